The molecule has 110 valence electrons. The highest BCUT2D eigenvalue weighted by atomic mass is 19.3. The van der Waals surface area contributed by atoms with Crippen LogP contribution in [0, 0.1) is 0 Å². The first-order chi connectivity index (χ1) is 9.11. The Kier molecular flexibility index (Phi) is 4.65. The molecule has 1 aromatic rings. The molecule has 0 aliphatic carbocycles. The summed E-state index contributed by atoms with van der Waals surface area (Å²) in [5.74, 6) is -1.49. The first kappa shape index (κ1) is 15.9. The first-order valence-electron chi connectivity index (χ1n) is 5.76. The maximum atomic E-state index is 13.0. The average molecular weight is 287 g/mol. The van der Waals surface area contributed by atoms with Crippen molar-refractivity contribution in [3.05, 3.63) is 29.3 Å². The first-order valence-corrected chi connectivity index (χ1v) is 5.76. The number of anilines is 1. The summed E-state index contributed by atoms with van der Waals surface area (Å²) in [4.78, 5) is 22.5. The third-order valence-corrected chi connectivity index (χ3v) is 2.19. The van der Waals surface area contributed by atoms with Crippen LogP contribution in [0.5, 0.6) is 0 Å². The van der Waals surface area contributed by atoms with Crippen LogP contribution < -0.4 is 5.32 Å². The number of hydrogen-bond acceptors (Lipinski definition) is 3. The number of nitrogens with one attached hydrogen (secondary N) is 1. The summed E-state index contributed by atoms with van der Waals surface area (Å²) < 4.78 is 30.9. The Labute approximate surface area is 114 Å². The molecule has 0 heterocycles. The van der Waals surface area contributed by atoms with Crippen LogP contribution in [0.2, 0.25) is 0 Å². The fourth-order valence-corrected chi connectivity index (χ4v) is 1.51. The second kappa shape index (κ2) is 5.85. The van der Waals surface area contributed by atoms with Crippen LogP contribution in [0.4, 0.5) is 19.3 Å². The SMILES string of the molecule is CC(C)(C)OC(=O)Nc1cccc(C(=O)O)c1C(F)F. The second-order valence-corrected chi connectivity index (χ2v) is 5.00. The highest BCUT2D eigenvalue weighted by molar-refractivity contribution is 5.94. The van der Waals surface area contributed by atoms with Crippen molar-refractivity contribution in [1.82, 2.24) is 0 Å². The van der Waals surface area contributed by atoms with Crippen LogP contribution in [0.25, 0.3) is 0 Å². The number of ether oxygens (including phenoxy) is 1. The van der Waals surface area contributed by atoms with Crippen LogP contribution in [-0.4, -0.2) is 22.8 Å². The zero-order chi connectivity index (χ0) is 15.5. The molecule has 1 rings (SSSR count). The number of rotatable bonds is 3. The van der Waals surface area contributed by atoms with E-state index in [9.17, 15) is 18.4 Å². The van der Waals surface area contributed by atoms with Gasteiger partial charge < -0.3 is 9.84 Å². The van der Waals surface area contributed by atoms with Gasteiger partial charge in [-0.15, -0.1) is 0 Å². The summed E-state index contributed by atoms with van der Waals surface area (Å²) in [6.07, 6.45) is -3.96. The third-order valence-electron chi connectivity index (χ3n) is 2.19. The summed E-state index contributed by atoms with van der Waals surface area (Å²) in [5, 5.41) is 11.0. The monoisotopic (exact) mass is 287 g/mol. The zero-order valence-corrected chi connectivity index (χ0v) is 11.2. The van der Waals surface area contributed by atoms with Crippen LogP contribution >= 0.6 is 0 Å². The summed E-state index contributed by atoms with van der Waals surface area (Å²) in [6.45, 7) is 4.86. The summed E-state index contributed by atoms with van der Waals surface area (Å²) in [5.41, 5.74) is -2.38. The van der Waals surface area contributed by atoms with Gasteiger partial charge in [0.2, 0.25) is 0 Å². The van der Waals surface area contributed by atoms with E-state index < -0.39 is 35.2 Å². The van der Waals surface area contributed by atoms with Gasteiger partial charge in [-0.3, -0.25) is 5.32 Å². The number of alkyl halides is 2. The smallest absolute Gasteiger partial charge is 0.412 e. The van der Waals surface area contributed by atoms with E-state index in [1.807, 2.05) is 0 Å². The fraction of sp³-hybridized carbons (Fsp3) is 0.385. The standard InChI is InChI=1S/C13H15F2NO4/c1-13(2,3)20-12(19)16-8-6-4-5-7(11(17)18)9(8)10(14)15/h4-6,10H,1-3H3,(H,16,19)(H,17,18). The fourth-order valence-electron chi connectivity index (χ4n) is 1.51. The van der Waals surface area contributed by atoms with Crippen molar-refractivity contribution in [3.8, 4) is 0 Å². The molecule has 0 spiro atoms. The number of carboxylic acid groups (broad SMARTS) is 1. The van der Waals surface area contributed by atoms with Gasteiger partial charge in [0, 0.05) is 0 Å². The van der Waals surface area contributed by atoms with Crippen molar-refractivity contribution in [2.45, 2.75) is 32.8 Å². The van der Waals surface area contributed by atoms with Gasteiger partial charge in [-0.05, 0) is 32.9 Å². The lowest BCUT2D eigenvalue weighted by atomic mass is 10.1. The number of halogens is 2. The van der Waals surface area contributed by atoms with Gasteiger partial charge in [-0.1, -0.05) is 6.07 Å². The molecule has 0 fully saturated rings. The van der Waals surface area contributed by atoms with E-state index in [0.29, 0.717) is 0 Å². The molecule has 0 aliphatic heterocycles. The number of carboxylic acids is 1. The summed E-state index contributed by atoms with van der Waals surface area (Å²) >= 11 is 0. The van der Waals surface area contributed by atoms with Crippen molar-refractivity contribution in [2.24, 2.45) is 0 Å². The Bertz CT molecular complexity index is 524. The molecular formula is C13H15F2NO4. The van der Waals surface area contributed by atoms with E-state index >= 15 is 0 Å². The van der Waals surface area contributed by atoms with Crippen LogP contribution in [0.1, 0.15) is 43.1 Å². The topological polar surface area (TPSA) is 75.6 Å². The molecule has 0 aliphatic rings. The minimum Gasteiger partial charge on any atom is -0.478 e. The molecular weight excluding hydrogens is 272 g/mol. The van der Waals surface area contributed by atoms with Crippen molar-refractivity contribution < 1.29 is 28.2 Å². The largest absolute Gasteiger partial charge is 0.478 e. The highest BCUT2D eigenvalue weighted by Crippen LogP contribution is 2.31. The molecule has 2 N–H and O–H groups in total. The van der Waals surface area contributed by atoms with E-state index in [2.05, 4.69) is 5.32 Å². The number of carbonyl (C=O) groups is 2. The predicted octanol–water partition coefficient (Wildman–Crippen LogP) is 3.67. The van der Waals surface area contributed by atoms with Crippen LogP contribution in [-0.2, 0) is 4.74 Å². The predicted molar refractivity (Wildman–Crippen MR) is 68.2 cm³/mol. The van der Waals surface area contributed by atoms with Gasteiger partial charge in [0.25, 0.3) is 6.43 Å². The van der Waals surface area contributed by atoms with Crippen LogP contribution in [0.15, 0.2) is 18.2 Å². The molecule has 0 saturated carbocycles. The molecule has 0 saturated heterocycles. The van der Waals surface area contributed by atoms with Crippen LogP contribution in [0.3, 0.4) is 0 Å². The quantitative estimate of drug-likeness (QED) is 0.889. The Balaban J connectivity index is 3.10. The number of benzene rings is 1. The highest BCUT2D eigenvalue weighted by Gasteiger charge is 2.24. The number of aromatic carboxylic acids is 1. The van der Waals surface area contributed by atoms with Crippen molar-refractivity contribution in [2.75, 3.05) is 5.32 Å². The molecule has 5 nitrogen and oxygen atoms in total. The molecule has 0 radical (unpaired) electrons. The number of carbonyl (C=O) groups excluding carboxylic acids is 1. The van der Waals surface area contributed by atoms with E-state index in [1.165, 1.54) is 12.1 Å². The van der Waals surface area contributed by atoms with E-state index in [4.69, 9.17) is 9.84 Å². The maximum absolute atomic E-state index is 13.0. The number of hydrogen-bond donors (Lipinski definition) is 2. The molecule has 1 aromatic carbocycles. The van der Waals surface area contributed by atoms with Gasteiger partial charge >= 0.3 is 12.1 Å². The summed E-state index contributed by atoms with van der Waals surface area (Å²) in [7, 11) is 0. The molecule has 0 unspecified atom stereocenters. The molecule has 0 aromatic heterocycles. The minimum absolute atomic E-state index is 0.283. The molecule has 1 amide bonds. The minimum atomic E-state index is -3.03. The molecule has 0 atom stereocenters. The van der Waals surface area contributed by atoms with Gasteiger partial charge in [-0.2, -0.15) is 0 Å². The Morgan fingerprint density at radius 3 is 2.35 bits per heavy atom. The van der Waals surface area contributed by atoms with E-state index in [1.54, 1.807) is 20.8 Å². The number of amides is 1. The average Bonchev–Trinajstić information content (AvgIpc) is 2.25. The van der Waals surface area contributed by atoms with E-state index in [-0.39, 0.29) is 5.69 Å². The Morgan fingerprint density at radius 2 is 1.90 bits per heavy atom. The van der Waals surface area contributed by atoms with Crippen molar-refractivity contribution in [1.29, 1.82) is 0 Å². The molecule has 7 heteroatoms. The van der Waals surface area contributed by atoms with Gasteiger partial charge in [0.15, 0.2) is 0 Å². The zero-order valence-electron chi connectivity index (χ0n) is 11.2. The maximum Gasteiger partial charge on any atom is 0.412 e. The normalized spacial score (nSPS) is 11.3. The molecule has 20 heavy (non-hydrogen) atoms. The van der Waals surface area contributed by atoms with Gasteiger partial charge in [0.05, 0.1) is 16.8 Å². The van der Waals surface area contributed by atoms with Gasteiger partial charge in [0.1, 0.15) is 5.60 Å². The van der Waals surface area contributed by atoms with Crippen molar-refractivity contribution >= 4 is 17.7 Å². The second-order valence-electron chi connectivity index (χ2n) is 5.00. The Hall–Kier alpha value is -2.18. The van der Waals surface area contributed by atoms with Gasteiger partial charge in [-0.25, -0.2) is 18.4 Å². The molecule has 0 bridgehead atoms. The van der Waals surface area contributed by atoms with E-state index in [0.717, 1.165) is 6.07 Å². The lowest BCUT2D eigenvalue weighted by Gasteiger charge is -2.20. The van der Waals surface area contributed by atoms with Crippen molar-refractivity contribution in [3.63, 3.8) is 0 Å². The lowest BCUT2D eigenvalue weighted by molar-refractivity contribution is 0.0630. The lowest BCUT2D eigenvalue weighted by Crippen LogP contribution is -2.27. The summed E-state index contributed by atoms with van der Waals surface area (Å²) in [6, 6.07) is 3.50. The third kappa shape index (κ3) is 4.18. The Morgan fingerprint density at radius 1 is 1.30 bits per heavy atom.